The van der Waals surface area contributed by atoms with E-state index < -0.39 is 12.0 Å². The summed E-state index contributed by atoms with van der Waals surface area (Å²) in [6.07, 6.45) is 3.07. The number of nitrogens with one attached hydrogen (secondary N) is 1. The summed E-state index contributed by atoms with van der Waals surface area (Å²) in [6, 6.07) is 8.75. The Kier molecular flexibility index (Phi) is 4.71. The molecule has 0 aliphatic heterocycles. The van der Waals surface area contributed by atoms with Crippen molar-refractivity contribution in [3.05, 3.63) is 48.3 Å². The standard InChI is InChI=1S/C15H17N3O3/c1-3-21-15(20)11(2)17-14(19)12-9-16-18(10-12)13-7-5-4-6-8-13/h4-11H,3H2,1-2H3,(H,17,19). The zero-order chi connectivity index (χ0) is 15.2. The lowest BCUT2D eigenvalue weighted by Crippen LogP contribution is -2.39. The van der Waals surface area contributed by atoms with Gasteiger partial charge in [-0.2, -0.15) is 5.10 Å². The number of nitrogens with zero attached hydrogens (tertiary/aromatic N) is 2. The van der Waals surface area contributed by atoms with Crippen LogP contribution in [0, 0.1) is 0 Å². The van der Waals surface area contributed by atoms with Crippen molar-refractivity contribution in [3.63, 3.8) is 0 Å². The maximum Gasteiger partial charge on any atom is 0.328 e. The number of rotatable bonds is 5. The number of carbonyl (C=O) groups excluding carboxylic acids is 2. The van der Waals surface area contributed by atoms with Crippen LogP contribution in [0.15, 0.2) is 42.7 Å². The highest BCUT2D eigenvalue weighted by Gasteiger charge is 2.18. The molecule has 21 heavy (non-hydrogen) atoms. The third-order valence-corrected chi connectivity index (χ3v) is 2.85. The molecule has 0 radical (unpaired) electrons. The zero-order valence-corrected chi connectivity index (χ0v) is 11.9. The van der Waals surface area contributed by atoms with Crippen LogP contribution in [-0.4, -0.2) is 34.3 Å². The lowest BCUT2D eigenvalue weighted by molar-refractivity contribution is -0.144. The first kappa shape index (κ1) is 14.8. The van der Waals surface area contributed by atoms with Crippen molar-refractivity contribution in [1.29, 1.82) is 0 Å². The Morgan fingerprint density at radius 2 is 2.05 bits per heavy atom. The van der Waals surface area contributed by atoms with Gasteiger partial charge < -0.3 is 10.1 Å². The minimum atomic E-state index is -0.697. The van der Waals surface area contributed by atoms with E-state index >= 15 is 0 Å². The second-order valence-electron chi connectivity index (χ2n) is 4.46. The van der Waals surface area contributed by atoms with Crippen molar-refractivity contribution in [3.8, 4) is 5.69 Å². The molecule has 1 amide bonds. The van der Waals surface area contributed by atoms with Gasteiger partial charge in [0.05, 0.1) is 24.1 Å². The maximum atomic E-state index is 12.0. The summed E-state index contributed by atoms with van der Waals surface area (Å²) in [7, 11) is 0. The Hall–Kier alpha value is -2.63. The van der Waals surface area contributed by atoms with Gasteiger partial charge in [-0.15, -0.1) is 0 Å². The number of benzene rings is 1. The molecule has 1 unspecified atom stereocenters. The van der Waals surface area contributed by atoms with Gasteiger partial charge in [0.2, 0.25) is 0 Å². The topological polar surface area (TPSA) is 73.2 Å². The van der Waals surface area contributed by atoms with Gasteiger partial charge in [0.25, 0.3) is 5.91 Å². The summed E-state index contributed by atoms with van der Waals surface area (Å²) in [5.41, 5.74) is 1.24. The smallest absolute Gasteiger partial charge is 0.328 e. The van der Waals surface area contributed by atoms with E-state index in [9.17, 15) is 9.59 Å². The van der Waals surface area contributed by atoms with E-state index in [-0.39, 0.29) is 12.5 Å². The molecule has 2 aromatic rings. The quantitative estimate of drug-likeness (QED) is 0.847. The molecular weight excluding hydrogens is 270 g/mol. The van der Waals surface area contributed by atoms with E-state index in [1.807, 2.05) is 30.3 Å². The lowest BCUT2D eigenvalue weighted by atomic mass is 10.3. The van der Waals surface area contributed by atoms with Crippen LogP contribution in [0.25, 0.3) is 5.69 Å². The number of carbonyl (C=O) groups is 2. The summed E-state index contributed by atoms with van der Waals surface area (Å²) >= 11 is 0. The molecule has 1 N–H and O–H groups in total. The molecule has 1 aromatic heterocycles. The second kappa shape index (κ2) is 6.69. The normalized spacial score (nSPS) is 11.7. The van der Waals surface area contributed by atoms with Crippen molar-refractivity contribution in [2.24, 2.45) is 0 Å². The van der Waals surface area contributed by atoms with Gasteiger partial charge in [0.1, 0.15) is 6.04 Å². The molecule has 1 atom stereocenters. The van der Waals surface area contributed by atoms with Crippen LogP contribution < -0.4 is 5.32 Å². The third kappa shape index (κ3) is 3.68. The molecule has 0 saturated carbocycles. The van der Waals surface area contributed by atoms with E-state index in [2.05, 4.69) is 10.4 Å². The highest BCUT2D eigenvalue weighted by Crippen LogP contribution is 2.07. The minimum Gasteiger partial charge on any atom is -0.464 e. The molecule has 1 heterocycles. The molecule has 0 bridgehead atoms. The van der Waals surface area contributed by atoms with Gasteiger partial charge in [0.15, 0.2) is 0 Å². The molecule has 0 aliphatic rings. The van der Waals surface area contributed by atoms with Gasteiger partial charge in [-0.05, 0) is 26.0 Å². The Morgan fingerprint density at radius 1 is 1.33 bits per heavy atom. The Balaban J connectivity index is 2.04. The van der Waals surface area contributed by atoms with E-state index in [4.69, 9.17) is 4.74 Å². The first-order valence-electron chi connectivity index (χ1n) is 6.69. The van der Waals surface area contributed by atoms with E-state index in [0.29, 0.717) is 5.56 Å². The van der Waals surface area contributed by atoms with Crippen molar-refractivity contribution >= 4 is 11.9 Å². The fraction of sp³-hybridized carbons (Fsp3) is 0.267. The molecule has 6 nitrogen and oxygen atoms in total. The monoisotopic (exact) mass is 287 g/mol. The van der Waals surface area contributed by atoms with Gasteiger partial charge >= 0.3 is 5.97 Å². The fourth-order valence-electron chi connectivity index (χ4n) is 1.77. The van der Waals surface area contributed by atoms with E-state index in [1.54, 1.807) is 24.7 Å². The van der Waals surface area contributed by atoms with Crippen LogP contribution in [0.1, 0.15) is 24.2 Å². The molecule has 6 heteroatoms. The average molecular weight is 287 g/mol. The van der Waals surface area contributed by atoms with Crippen LogP contribution in [0.4, 0.5) is 0 Å². The number of aromatic nitrogens is 2. The molecule has 2 rings (SSSR count). The number of ether oxygens (including phenoxy) is 1. The van der Waals surface area contributed by atoms with E-state index in [0.717, 1.165) is 5.69 Å². The highest BCUT2D eigenvalue weighted by molar-refractivity contribution is 5.96. The molecule has 0 saturated heterocycles. The molecular formula is C15H17N3O3. The van der Waals surface area contributed by atoms with Crippen LogP contribution in [0.3, 0.4) is 0 Å². The van der Waals surface area contributed by atoms with Gasteiger partial charge in [-0.3, -0.25) is 4.79 Å². The van der Waals surface area contributed by atoms with Gasteiger partial charge in [-0.25, -0.2) is 9.48 Å². The second-order valence-corrected chi connectivity index (χ2v) is 4.46. The summed E-state index contributed by atoms with van der Waals surface area (Å²) in [6.45, 7) is 3.58. The van der Waals surface area contributed by atoms with Crippen LogP contribution >= 0.6 is 0 Å². The molecule has 0 fully saturated rings. The minimum absolute atomic E-state index is 0.283. The van der Waals surface area contributed by atoms with Crippen molar-refractivity contribution in [2.45, 2.75) is 19.9 Å². The first-order valence-corrected chi connectivity index (χ1v) is 6.69. The summed E-state index contributed by atoms with van der Waals surface area (Å²) < 4.78 is 6.44. The van der Waals surface area contributed by atoms with E-state index in [1.165, 1.54) is 6.20 Å². The highest BCUT2D eigenvalue weighted by atomic mass is 16.5. The zero-order valence-electron chi connectivity index (χ0n) is 11.9. The Labute approximate surface area is 122 Å². The summed E-state index contributed by atoms with van der Waals surface area (Å²) in [5, 5.41) is 6.71. The maximum absolute atomic E-state index is 12.0. The predicted octanol–water partition coefficient (Wildman–Crippen LogP) is 1.55. The van der Waals surface area contributed by atoms with Crippen molar-refractivity contribution in [1.82, 2.24) is 15.1 Å². The number of para-hydroxylation sites is 1. The van der Waals surface area contributed by atoms with Gasteiger partial charge in [-0.1, -0.05) is 18.2 Å². The summed E-state index contributed by atoms with van der Waals surface area (Å²) in [5.74, 6) is -0.820. The fourth-order valence-corrected chi connectivity index (χ4v) is 1.77. The Bertz CT molecular complexity index is 622. The number of hydrogen-bond acceptors (Lipinski definition) is 4. The predicted molar refractivity (Wildman–Crippen MR) is 77.1 cm³/mol. The van der Waals surface area contributed by atoms with Crippen LogP contribution in [-0.2, 0) is 9.53 Å². The van der Waals surface area contributed by atoms with Crippen molar-refractivity contribution < 1.29 is 14.3 Å². The SMILES string of the molecule is CCOC(=O)C(C)NC(=O)c1cnn(-c2ccccc2)c1. The van der Waals surface area contributed by atoms with Crippen molar-refractivity contribution in [2.75, 3.05) is 6.61 Å². The number of amides is 1. The average Bonchev–Trinajstić information content (AvgIpc) is 2.98. The first-order chi connectivity index (χ1) is 10.1. The molecule has 0 aliphatic carbocycles. The number of esters is 1. The van der Waals surface area contributed by atoms with Crippen LogP contribution in [0.5, 0.6) is 0 Å². The lowest BCUT2D eigenvalue weighted by Gasteiger charge is -2.11. The molecule has 110 valence electrons. The molecule has 0 spiro atoms. The van der Waals surface area contributed by atoms with Crippen LogP contribution in [0.2, 0.25) is 0 Å². The summed E-state index contributed by atoms with van der Waals surface area (Å²) in [4.78, 5) is 23.5. The Morgan fingerprint density at radius 3 is 2.71 bits per heavy atom. The molecule has 1 aromatic carbocycles. The largest absolute Gasteiger partial charge is 0.464 e. The third-order valence-electron chi connectivity index (χ3n) is 2.85. The number of hydrogen-bond donors (Lipinski definition) is 1. The van der Waals surface area contributed by atoms with Gasteiger partial charge in [0, 0.05) is 6.20 Å².